The molecule has 96 valence electrons. The molecule has 1 aromatic rings. The highest BCUT2D eigenvalue weighted by Gasteiger charge is 2.17. The van der Waals surface area contributed by atoms with Crippen LogP contribution < -0.4 is 5.32 Å². The monoisotopic (exact) mass is 233 g/mol. The van der Waals surface area contributed by atoms with Crippen molar-refractivity contribution >= 4 is 0 Å². The Morgan fingerprint density at radius 1 is 1.12 bits per heavy atom. The summed E-state index contributed by atoms with van der Waals surface area (Å²) >= 11 is 0. The van der Waals surface area contributed by atoms with Crippen LogP contribution in [0.25, 0.3) is 0 Å². The zero-order valence-electron chi connectivity index (χ0n) is 12.0. The number of hydrogen-bond acceptors (Lipinski definition) is 1. The first-order chi connectivity index (χ1) is 7.98. The summed E-state index contributed by atoms with van der Waals surface area (Å²) in [6.45, 7) is 12.4. The maximum atomic E-state index is 3.70. The summed E-state index contributed by atoms with van der Waals surface area (Å²) in [5.74, 6) is 0. The maximum absolute atomic E-state index is 3.70. The van der Waals surface area contributed by atoms with Crippen LogP contribution in [0.1, 0.15) is 57.7 Å². The first kappa shape index (κ1) is 14.2. The van der Waals surface area contributed by atoms with Crippen LogP contribution in [0.3, 0.4) is 0 Å². The number of benzene rings is 1. The Kier molecular flexibility index (Phi) is 5.20. The molecule has 1 nitrogen and oxygen atoms in total. The fraction of sp³-hybridized carbons (Fsp3) is 0.625. The molecule has 0 heterocycles. The van der Waals surface area contributed by atoms with Crippen molar-refractivity contribution in [1.82, 2.24) is 5.32 Å². The molecule has 1 rings (SSSR count). The van der Waals surface area contributed by atoms with Crippen LogP contribution in [0.5, 0.6) is 0 Å². The molecule has 0 aliphatic heterocycles. The normalized spacial score (nSPS) is 13.7. The predicted octanol–water partition coefficient (Wildman–Crippen LogP) is 4.47. The lowest BCUT2D eigenvalue weighted by molar-refractivity contribution is 0.307. The number of hydrogen-bond donors (Lipinski definition) is 1. The first-order valence-corrected chi connectivity index (χ1v) is 6.78. The molecule has 0 spiro atoms. The van der Waals surface area contributed by atoms with Crippen LogP contribution >= 0.6 is 0 Å². The lowest BCUT2D eigenvalue weighted by Crippen LogP contribution is -2.31. The third kappa shape index (κ3) is 4.51. The average molecular weight is 233 g/mol. The minimum atomic E-state index is 0.387. The second-order valence-corrected chi connectivity index (χ2v) is 5.77. The number of rotatable bonds is 6. The summed E-state index contributed by atoms with van der Waals surface area (Å²) in [4.78, 5) is 0. The summed E-state index contributed by atoms with van der Waals surface area (Å²) in [7, 11) is 0. The van der Waals surface area contributed by atoms with E-state index in [1.165, 1.54) is 17.5 Å². The van der Waals surface area contributed by atoms with Gasteiger partial charge >= 0.3 is 0 Å². The highest BCUT2D eigenvalue weighted by Crippen LogP contribution is 2.22. The van der Waals surface area contributed by atoms with Gasteiger partial charge in [-0.1, -0.05) is 57.5 Å². The predicted molar refractivity (Wildman–Crippen MR) is 76.3 cm³/mol. The minimum absolute atomic E-state index is 0.387. The van der Waals surface area contributed by atoms with Gasteiger partial charge in [0.1, 0.15) is 0 Å². The van der Waals surface area contributed by atoms with Gasteiger partial charge in [-0.15, -0.1) is 0 Å². The molecule has 1 atom stereocenters. The molecule has 0 radical (unpaired) electrons. The van der Waals surface area contributed by atoms with Gasteiger partial charge in [-0.3, -0.25) is 0 Å². The van der Waals surface area contributed by atoms with Gasteiger partial charge in [-0.25, -0.2) is 0 Å². The smallest absolute Gasteiger partial charge is 0.0317 e. The van der Waals surface area contributed by atoms with E-state index >= 15 is 0 Å². The van der Waals surface area contributed by atoms with Crippen LogP contribution in [0.2, 0.25) is 0 Å². The Labute approximate surface area is 107 Å². The minimum Gasteiger partial charge on any atom is -0.309 e. The molecule has 0 fully saturated rings. The van der Waals surface area contributed by atoms with E-state index in [2.05, 4.69) is 64.2 Å². The molecule has 0 amide bonds. The summed E-state index contributed by atoms with van der Waals surface area (Å²) in [5.41, 5.74) is 3.13. The van der Waals surface area contributed by atoms with Gasteiger partial charge in [0.25, 0.3) is 0 Å². The van der Waals surface area contributed by atoms with Crippen molar-refractivity contribution in [3.05, 3.63) is 35.4 Å². The zero-order chi connectivity index (χ0) is 12.9. The van der Waals surface area contributed by atoms with Gasteiger partial charge < -0.3 is 5.32 Å². The summed E-state index contributed by atoms with van der Waals surface area (Å²) in [5, 5.41) is 3.70. The van der Waals surface area contributed by atoms with Crippen LogP contribution in [0.15, 0.2) is 24.3 Å². The fourth-order valence-corrected chi connectivity index (χ4v) is 1.82. The molecule has 0 bridgehead atoms. The maximum Gasteiger partial charge on any atom is 0.0317 e. The summed E-state index contributed by atoms with van der Waals surface area (Å²) in [6, 6.07) is 9.38. The van der Waals surface area contributed by atoms with E-state index in [0.29, 0.717) is 11.5 Å². The first-order valence-electron chi connectivity index (χ1n) is 6.78. The van der Waals surface area contributed by atoms with Crippen molar-refractivity contribution in [1.29, 1.82) is 0 Å². The lowest BCUT2D eigenvalue weighted by Gasteiger charge is -2.27. The van der Waals surface area contributed by atoms with Crippen molar-refractivity contribution in [2.45, 2.75) is 53.5 Å². The fourth-order valence-electron chi connectivity index (χ4n) is 1.82. The molecule has 0 aliphatic rings. The van der Waals surface area contributed by atoms with Gasteiger partial charge in [0.15, 0.2) is 0 Å². The van der Waals surface area contributed by atoms with Gasteiger partial charge in [0.05, 0.1) is 0 Å². The Bertz CT molecular complexity index is 324. The van der Waals surface area contributed by atoms with Crippen molar-refractivity contribution in [3.63, 3.8) is 0 Å². The highest BCUT2D eigenvalue weighted by atomic mass is 14.9. The molecule has 0 aromatic heterocycles. The molecule has 1 heteroatoms. The largest absolute Gasteiger partial charge is 0.309 e. The van der Waals surface area contributed by atoms with Crippen LogP contribution in [0.4, 0.5) is 0 Å². The topological polar surface area (TPSA) is 12.0 Å². The van der Waals surface area contributed by atoms with E-state index in [4.69, 9.17) is 0 Å². The average Bonchev–Trinajstić information content (AvgIpc) is 2.32. The standard InChI is InChI=1S/C16H27N/c1-6-15(17-12-16(4,5)7-2)14-10-8-13(3)9-11-14/h8-11,15,17H,6-7,12H2,1-5H3. The Morgan fingerprint density at radius 2 is 1.71 bits per heavy atom. The zero-order valence-corrected chi connectivity index (χ0v) is 12.0. The molecule has 1 N–H and O–H groups in total. The number of nitrogens with one attached hydrogen (secondary N) is 1. The van der Waals surface area contributed by atoms with E-state index in [1.807, 2.05) is 0 Å². The Balaban J connectivity index is 2.63. The van der Waals surface area contributed by atoms with Crippen LogP contribution in [-0.2, 0) is 0 Å². The van der Waals surface area contributed by atoms with E-state index in [9.17, 15) is 0 Å². The van der Waals surface area contributed by atoms with E-state index in [1.54, 1.807) is 0 Å². The molecule has 0 saturated heterocycles. The van der Waals surface area contributed by atoms with E-state index in [0.717, 1.165) is 13.0 Å². The highest BCUT2D eigenvalue weighted by molar-refractivity contribution is 5.24. The van der Waals surface area contributed by atoms with E-state index < -0.39 is 0 Å². The second kappa shape index (κ2) is 6.20. The Hall–Kier alpha value is -0.820. The van der Waals surface area contributed by atoms with Crippen LogP contribution in [-0.4, -0.2) is 6.54 Å². The van der Waals surface area contributed by atoms with Crippen molar-refractivity contribution < 1.29 is 0 Å². The van der Waals surface area contributed by atoms with Crippen molar-refractivity contribution in [2.24, 2.45) is 5.41 Å². The molecular formula is C16H27N. The lowest BCUT2D eigenvalue weighted by atomic mass is 9.89. The van der Waals surface area contributed by atoms with Gasteiger partial charge in [0.2, 0.25) is 0 Å². The summed E-state index contributed by atoms with van der Waals surface area (Å²) < 4.78 is 0. The van der Waals surface area contributed by atoms with Crippen LogP contribution in [0, 0.1) is 12.3 Å². The quantitative estimate of drug-likeness (QED) is 0.764. The molecular weight excluding hydrogens is 206 g/mol. The van der Waals surface area contributed by atoms with Crippen molar-refractivity contribution in [3.8, 4) is 0 Å². The Morgan fingerprint density at radius 3 is 2.18 bits per heavy atom. The van der Waals surface area contributed by atoms with Crippen molar-refractivity contribution in [2.75, 3.05) is 6.54 Å². The van der Waals surface area contributed by atoms with Gasteiger partial charge in [-0.2, -0.15) is 0 Å². The molecule has 0 aliphatic carbocycles. The molecule has 0 saturated carbocycles. The van der Waals surface area contributed by atoms with Gasteiger partial charge in [-0.05, 0) is 30.7 Å². The second-order valence-electron chi connectivity index (χ2n) is 5.77. The molecule has 1 unspecified atom stereocenters. The summed E-state index contributed by atoms with van der Waals surface area (Å²) in [6.07, 6.45) is 2.35. The third-order valence-corrected chi connectivity index (χ3v) is 3.67. The molecule has 17 heavy (non-hydrogen) atoms. The van der Waals surface area contributed by atoms with E-state index in [-0.39, 0.29) is 0 Å². The number of aryl methyl sites for hydroxylation is 1. The molecule has 1 aromatic carbocycles. The third-order valence-electron chi connectivity index (χ3n) is 3.67. The SMILES string of the molecule is CCC(NCC(C)(C)CC)c1ccc(C)cc1. The van der Waals surface area contributed by atoms with Gasteiger partial charge in [0, 0.05) is 12.6 Å².